The normalized spacial score (nSPS) is 11.4. The van der Waals surface area contributed by atoms with E-state index in [0.29, 0.717) is 12.1 Å². The fourth-order valence-electron chi connectivity index (χ4n) is 3.15. The van der Waals surface area contributed by atoms with Gasteiger partial charge in [-0.15, -0.1) is 0 Å². The lowest BCUT2D eigenvalue weighted by Crippen LogP contribution is -2.39. The van der Waals surface area contributed by atoms with Crippen LogP contribution in [-0.2, 0) is 17.5 Å². The first kappa shape index (κ1) is 22.4. The maximum Gasteiger partial charge on any atom is 0.416 e. The monoisotopic (exact) mass is 403 g/mol. The molecule has 0 saturated carbocycles. The van der Waals surface area contributed by atoms with Crippen molar-refractivity contribution in [3.63, 3.8) is 0 Å². The number of amides is 1. The number of carbonyl (C=O) groups is 1. The van der Waals surface area contributed by atoms with Gasteiger partial charge in [0.1, 0.15) is 0 Å². The maximum absolute atomic E-state index is 12.9. The molecule has 0 aliphatic carbocycles. The van der Waals surface area contributed by atoms with Crippen LogP contribution in [-0.4, -0.2) is 30.9 Å². The van der Waals surface area contributed by atoms with E-state index in [1.54, 1.807) is 16.8 Å². The molecule has 0 fully saturated rings. The Morgan fingerprint density at radius 1 is 1.07 bits per heavy atom. The third-order valence-electron chi connectivity index (χ3n) is 4.41. The summed E-state index contributed by atoms with van der Waals surface area (Å²) in [5.41, 5.74) is 2.77. The molecular weight excluding hydrogens is 379 g/mol. The molecule has 0 unspecified atom stereocenters. The number of alkyl halides is 3. The molecular formula is C22H24F3N3O. The quantitative estimate of drug-likeness (QED) is 0.673. The van der Waals surface area contributed by atoms with E-state index in [-0.39, 0.29) is 25.4 Å². The van der Waals surface area contributed by atoms with Crippen molar-refractivity contribution in [1.82, 2.24) is 4.90 Å². The van der Waals surface area contributed by atoms with Gasteiger partial charge in [-0.25, -0.2) is 0 Å². The first-order chi connectivity index (χ1) is 13.6. The number of hydrogen-bond donors (Lipinski definition) is 0. The Kier molecular flexibility index (Phi) is 7.40. The van der Waals surface area contributed by atoms with E-state index in [2.05, 4.69) is 6.07 Å². The van der Waals surface area contributed by atoms with Crippen molar-refractivity contribution in [2.75, 3.05) is 25.0 Å². The van der Waals surface area contributed by atoms with Crippen molar-refractivity contribution in [3.8, 4) is 6.07 Å². The summed E-state index contributed by atoms with van der Waals surface area (Å²) >= 11 is 0. The molecule has 0 saturated heterocycles. The smallest absolute Gasteiger partial charge is 0.310 e. The third-order valence-corrected chi connectivity index (χ3v) is 4.41. The first-order valence-electron chi connectivity index (χ1n) is 9.20. The number of halogens is 3. The summed E-state index contributed by atoms with van der Waals surface area (Å²) in [6, 6.07) is 12.8. The van der Waals surface area contributed by atoms with E-state index in [1.165, 1.54) is 12.1 Å². The highest BCUT2D eigenvalue weighted by Crippen LogP contribution is 2.29. The molecule has 0 radical (unpaired) electrons. The van der Waals surface area contributed by atoms with Crippen molar-refractivity contribution in [2.24, 2.45) is 0 Å². The van der Waals surface area contributed by atoms with Gasteiger partial charge in [0.15, 0.2) is 0 Å². The molecule has 154 valence electrons. The second kappa shape index (κ2) is 9.57. The summed E-state index contributed by atoms with van der Waals surface area (Å²) in [4.78, 5) is 16.2. The Morgan fingerprint density at radius 3 is 2.17 bits per heavy atom. The minimum atomic E-state index is -4.37. The predicted molar refractivity (Wildman–Crippen MR) is 106 cm³/mol. The second-order valence-electron chi connectivity index (χ2n) is 7.17. The van der Waals surface area contributed by atoms with Crippen LogP contribution < -0.4 is 4.90 Å². The SMILES string of the molecule is Cc1cc(C)cc(N(CCC#N)C(=O)CN(C)Cc2ccc(C(F)(F)F)cc2)c1. The predicted octanol–water partition coefficient (Wildman–Crippen LogP) is 4.70. The number of anilines is 1. The second-order valence-corrected chi connectivity index (χ2v) is 7.17. The number of nitrogens with zero attached hydrogens (tertiary/aromatic N) is 3. The average Bonchev–Trinajstić information content (AvgIpc) is 2.60. The highest BCUT2D eigenvalue weighted by atomic mass is 19.4. The van der Waals surface area contributed by atoms with E-state index in [4.69, 9.17) is 5.26 Å². The fourth-order valence-corrected chi connectivity index (χ4v) is 3.15. The molecule has 0 spiro atoms. The van der Waals surface area contributed by atoms with Crippen molar-refractivity contribution < 1.29 is 18.0 Å². The van der Waals surface area contributed by atoms with Gasteiger partial charge in [-0.05, 0) is 61.9 Å². The Labute approximate surface area is 169 Å². The van der Waals surface area contributed by atoms with Gasteiger partial charge in [-0.3, -0.25) is 9.69 Å². The van der Waals surface area contributed by atoms with Crippen LogP contribution in [0.1, 0.15) is 28.7 Å². The van der Waals surface area contributed by atoms with Crippen molar-refractivity contribution in [1.29, 1.82) is 5.26 Å². The summed E-state index contributed by atoms with van der Waals surface area (Å²) in [6.45, 7) is 4.59. The number of benzene rings is 2. The lowest BCUT2D eigenvalue weighted by atomic mass is 10.1. The Hall–Kier alpha value is -2.85. The lowest BCUT2D eigenvalue weighted by molar-refractivity contribution is -0.137. The molecule has 29 heavy (non-hydrogen) atoms. The van der Waals surface area contributed by atoms with Crippen LogP contribution in [0.3, 0.4) is 0 Å². The number of nitriles is 1. The highest BCUT2D eigenvalue weighted by Gasteiger charge is 2.30. The summed E-state index contributed by atoms with van der Waals surface area (Å²) in [5.74, 6) is -0.167. The van der Waals surface area contributed by atoms with Gasteiger partial charge in [0.2, 0.25) is 5.91 Å². The van der Waals surface area contributed by atoms with Gasteiger partial charge in [0.05, 0.1) is 24.6 Å². The minimum absolute atomic E-state index is 0.0828. The van der Waals surface area contributed by atoms with Crippen LogP contribution in [0.15, 0.2) is 42.5 Å². The van der Waals surface area contributed by atoms with Crippen LogP contribution in [0.5, 0.6) is 0 Å². The molecule has 7 heteroatoms. The molecule has 2 aromatic rings. The summed E-state index contributed by atoms with van der Waals surface area (Å²) in [5, 5.41) is 8.93. The standard InChI is InChI=1S/C22H24F3N3O/c1-16-11-17(2)13-20(12-16)28(10-4-9-26)21(29)15-27(3)14-18-5-7-19(8-6-18)22(23,24)25/h5-8,11-13H,4,10,14-15H2,1-3H3. The van der Waals surface area contributed by atoms with E-state index in [9.17, 15) is 18.0 Å². The highest BCUT2D eigenvalue weighted by molar-refractivity contribution is 5.95. The van der Waals surface area contributed by atoms with Gasteiger partial charge in [0, 0.05) is 18.8 Å². The molecule has 0 N–H and O–H groups in total. The molecule has 4 nitrogen and oxygen atoms in total. The maximum atomic E-state index is 12.9. The zero-order valence-electron chi connectivity index (χ0n) is 16.8. The summed E-state index contributed by atoms with van der Waals surface area (Å²) < 4.78 is 38.0. The first-order valence-corrected chi connectivity index (χ1v) is 9.20. The number of carbonyl (C=O) groups excluding carboxylic acids is 1. The fraction of sp³-hybridized carbons (Fsp3) is 0.364. The molecule has 2 rings (SSSR count). The average molecular weight is 403 g/mol. The molecule has 1 amide bonds. The van der Waals surface area contributed by atoms with E-state index >= 15 is 0 Å². The molecule has 0 heterocycles. The molecule has 0 aliphatic rings. The molecule has 0 bridgehead atoms. The van der Waals surface area contributed by atoms with Crippen LogP contribution in [0.4, 0.5) is 18.9 Å². The Morgan fingerprint density at radius 2 is 1.66 bits per heavy atom. The van der Waals surface area contributed by atoms with Crippen LogP contribution >= 0.6 is 0 Å². The molecule has 0 atom stereocenters. The van der Waals surface area contributed by atoms with Crippen LogP contribution in [0.25, 0.3) is 0 Å². The third kappa shape index (κ3) is 6.61. The topological polar surface area (TPSA) is 47.3 Å². The molecule has 0 aliphatic heterocycles. The Bertz CT molecular complexity index is 865. The minimum Gasteiger partial charge on any atom is -0.310 e. The van der Waals surface area contributed by atoms with E-state index in [0.717, 1.165) is 28.9 Å². The van der Waals surface area contributed by atoms with Gasteiger partial charge in [-0.2, -0.15) is 18.4 Å². The van der Waals surface area contributed by atoms with Crippen molar-refractivity contribution >= 4 is 11.6 Å². The van der Waals surface area contributed by atoms with Crippen LogP contribution in [0, 0.1) is 25.2 Å². The number of likely N-dealkylation sites (N-methyl/N-ethyl adjacent to an activating group) is 1. The van der Waals surface area contributed by atoms with Gasteiger partial charge < -0.3 is 4.90 Å². The van der Waals surface area contributed by atoms with Crippen molar-refractivity contribution in [3.05, 3.63) is 64.7 Å². The zero-order chi connectivity index (χ0) is 21.6. The van der Waals surface area contributed by atoms with E-state index in [1.807, 2.05) is 32.0 Å². The van der Waals surface area contributed by atoms with Gasteiger partial charge in [0.25, 0.3) is 0 Å². The van der Waals surface area contributed by atoms with Gasteiger partial charge >= 0.3 is 6.18 Å². The molecule has 2 aromatic carbocycles. The lowest BCUT2D eigenvalue weighted by Gasteiger charge is -2.26. The number of hydrogen-bond acceptors (Lipinski definition) is 3. The van der Waals surface area contributed by atoms with Crippen molar-refractivity contribution in [2.45, 2.75) is 33.0 Å². The summed E-state index contributed by atoms with van der Waals surface area (Å²) in [7, 11) is 1.74. The van der Waals surface area contributed by atoms with E-state index < -0.39 is 11.7 Å². The Balaban J connectivity index is 2.09. The largest absolute Gasteiger partial charge is 0.416 e. The summed E-state index contributed by atoms with van der Waals surface area (Å²) in [6.07, 6.45) is -4.16. The van der Waals surface area contributed by atoms with Gasteiger partial charge in [-0.1, -0.05) is 18.2 Å². The van der Waals surface area contributed by atoms with Crippen LogP contribution in [0.2, 0.25) is 0 Å². The zero-order valence-corrected chi connectivity index (χ0v) is 16.8. The number of rotatable bonds is 7. The molecule has 0 aromatic heterocycles. The number of aryl methyl sites for hydroxylation is 2.